The third kappa shape index (κ3) is 8.22. The molecule has 1 amide bonds. The smallest absolute Gasteiger partial charge is 0.300 e. The predicted octanol–water partition coefficient (Wildman–Crippen LogP) is 0.0517. The zero-order valence-electron chi connectivity index (χ0n) is 7.73. The molecular formula is C9H13NO4. The maximum Gasteiger partial charge on any atom is 0.300 e. The Kier molecular flexibility index (Phi) is 8.10. The summed E-state index contributed by atoms with van der Waals surface area (Å²) in [6, 6.07) is 8.76. The fourth-order valence-corrected chi connectivity index (χ4v) is 0.602. The van der Waals surface area contributed by atoms with Crippen LogP contribution in [0.1, 0.15) is 17.3 Å². The highest BCUT2D eigenvalue weighted by Gasteiger charge is 1.93. The third-order valence-electron chi connectivity index (χ3n) is 1.06. The summed E-state index contributed by atoms with van der Waals surface area (Å²) in [5.74, 6) is -1.21. The summed E-state index contributed by atoms with van der Waals surface area (Å²) < 4.78 is 0. The molecule has 0 radical (unpaired) electrons. The van der Waals surface area contributed by atoms with Crippen molar-refractivity contribution in [3.63, 3.8) is 0 Å². The van der Waals surface area contributed by atoms with E-state index in [0.29, 0.717) is 5.56 Å². The van der Waals surface area contributed by atoms with Crippen LogP contribution in [0.4, 0.5) is 0 Å². The minimum atomic E-state index is -0.833. The molecule has 0 aromatic heterocycles. The Morgan fingerprint density at radius 2 is 1.57 bits per heavy atom. The molecule has 0 aliphatic heterocycles. The van der Waals surface area contributed by atoms with Gasteiger partial charge in [-0.25, -0.2) is 0 Å². The van der Waals surface area contributed by atoms with Crippen molar-refractivity contribution in [1.82, 2.24) is 0 Å². The SMILES string of the molecule is CC(=O)O.NC(=O)c1ccccc1.O. The average molecular weight is 199 g/mol. The van der Waals surface area contributed by atoms with Gasteiger partial charge in [-0.1, -0.05) is 18.2 Å². The molecule has 0 atom stereocenters. The first kappa shape index (κ1) is 14.6. The van der Waals surface area contributed by atoms with Crippen molar-refractivity contribution >= 4 is 11.9 Å². The number of aliphatic carboxylic acids is 1. The number of rotatable bonds is 1. The van der Waals surface area contributed by atoms with Crippen LogP contribution in [0.5, 0.6) is 0 Å². The number of primary amides is 1. The number of hydrogen-bond donors (Lipinski definition) is 2. The summed E-state index contributed by atoms with van der Waals surface area (Å²) in [4.78, 5) is 19.4. The Bertz CT molecular complexity index is 280. The van der Waals surface area contributed by atoms with Gasteiger partial charge >= 0.3 is 0 Å². The van der Waals surface area contributed by atoms with Crippen molar-refractivity contribution < 1.29 is 20.2 Å². The molecular weight excluding hydrogens is 186 g/mol. The Labute approximate surface area is 81.5 Å². The number of carbonyl (C=O) groups is 2. The lowest BCUT2D eigenvalue weighted by Gasteiger charge is -1.89. The number of carbonyl (C=O) groups excluding carboxylic acids is 1. The van der Waals surface area contributed by atoms with Gasteiger partial charge in [0, 0.05) is 12.5 Å². The van der Waals surface area contributed by atoms with Gasteiger partial charge in [-0.3, -0.25) is 9.59 Å². The van der Waals surface area contributed by atoms with Gasteiger partial charge in [0.1, 0.15) is 0 Å². The molecule has 5 heteroatoms. The summed E-state index contributed by atoms with van der Waals surface area (Å²) in [6.45, 7) is 1.08. The molecule has 1 rings (SSSR count). The van der Waals surface area contributed by atoms with Gasteiger partial charge in [0.25, 0.3) is 5.97 Å². The van der Waals surface area contributed by atoms with E-state index in [1.54, 1.807) is 24.3 Å². The van der Waals surface area contributed by atoms with E-state index in [0.717, 1.165) is 6.92 Å². The molecule has 0 aliphatic carbocycles. The number of amides is 1. The molecule has 0 saturated carbocycles. The van der Waals surface area contributed by atoms with E-state index in [1.807, 2.05) is 6.07 Å². The van der Waals surface area contributed by atoms with Crippen molar-refractivity contribution in [1.29, 1.82) is 0 Å². The zero-order valence-corrected chi connectivity index (χ0v) is 7.73. The number of hydrogen-bond acceptors (Lipinski definition) is 2. The molecule has 1 aromatic rings. The van der Waals surface area contributed by atoms with Gasteiger partial charge in [0.05, 0.1) is 0 Å². The van der Waals surface area contributed by atoms with Crippen molar-refractivity contribution in [3.05, 3.63) is 35.9 Å². The molecule has 1 aromatic carbocycles. The van der Waals surface area contributed by atoms with E-state index in [-0.39, 0.29) is 11.4 Å². The minimum Gasteiger partial charge on any atom is -0.481 e. The second-order valence-corrected chi connectivity index (χ2v) is 2.25. The molecule has 0 spiro atoms. The standard InChI is InChI=1S/C7H7NO.C2H4O2.H2O/c8-7(9)6-4-2-1-3-5-6;1-2(3)4;/h1-5H,(H2,8,9);1H3,(H,3,4);1H2. The Morgan fingerprint density at radius 3 is 1.79 bits per heavy atom. The molecule has 0 unspecified atom stereocenters. The molecule has 14 heavy (non-hydrogen) atoms. The lowest BCUT2D eigenvalue weighted by molar-refractivity contribution is -0.134. The Morgan fingerprint density at radius 1 is 1.21 bits per heavy atom. The maximum atomic E-state index is 10.4. The topological polar surface area (TPSA) is 112 Å². The van der Waals surface area contributed by atoms with Crippen LogP contribution in [0.3, 0.4) is 0 Å². The minimum absolute atomic E-state index is 0. The van der Waals surface area contributed by atoms with Crippen LogP contribution < -0.4 is 5.73 Å². The molecule has 5 nitrogen and oxygen atoms in total. The van der Waals surface area contributed by atoms with Gasteiger partial charge in [-0.05, 0) is 12.1 Å². The van der Waals surface area contributed by atoms with Gasteiger partial charge in [-0.2, -0.15) is 0 Å². The summed E-state index contributed by atoms with van der Waals surface area (Å²) in [7, 11) is 0. The van der Waals surface area contributed by atoms with Crippen LogP contribution in [-0.2, 0) is 4.79 Å². The Hall–Kier alpha value is -1.88. The van der Waals surface area contributed by atoms with Crippen LogP contribution >= 0.6 is 0 Å². The Balaban J connectivity index is 0. The van der Waals surface area contributed by atoms with E-state index < -0.39 is 5.97 Å². The van der Waals surface area contributed by atoms with Crippen molar-refractivity contribution in [2.24, 2.45) is 5.73 Å². The summed E-state index contributed by atoms with van der Waals surface area (Å²) >= 11 is 0. The van der Waals surface area contributed by atoms with E-state index in [4.69, 9.17) is 15.6 Å². The number of nitrogens with two attached hydrogens (primary N) is 1. The summed E-state index contributed by atoms with van der Waals surface area (Å²) in [5.41, 5.74) is 5.53. The number of benzene rings is 1. The van der Waals surface area contributed by atoms with E-state index in [9.17, 15) is 4.79 Å². The van der Waals surface area contributed by atoms with Gasteiger partial charge in [0.2, 0.25) is 5.91 Å². The molecule has 0 heterocycles. The lowest BCUT2D eigenvalue weighted by atomic mass is 10.2. The van der Waals surface area contributed by atoms with Gasteiger partial charge in [0.15, 0.2) is 0 Å². The number of carboxylic acids is 1. The van der Waals surface area contributed by atoms with Crippen LogP contribution in [-0.4, -0.2) is 22.5 Å². The summed E-state index contributed by atoms with van der Waals surface area (Å²) in [5, 5.41) is 7.42. The van der Waals surface area contributed by atoms with E-state index in [1.165, 1.54) is 0 Å². The maximum absolute atomic E-state index is 10.4. The molecule has 5 N–H and O–H groups in total. The molecule has 0 aliphatic rings. The third-order valence-corrected chi connectivity index (χ3v) is 1.06. The van der Waals surface area contributed by atoms with Crippen molar-refractivity contribution in [2.45, 2.75) is 6.92 Å². The summed E-state index contributed by atoms with van der Waals surface area (Å²) in [6.07, 6.45) is 0. The molecule has 0 bridgehead atoms. The molecule has 78 valence electrons. The molecule has 0 fully saturated rings. The quantitative estimate of drug-likeness (QED) is 0.666. The van der Waals surface area contributed by atoms with E-state index in [2.05, 4.69) is 0 Å². The predicted molar refractivity (Wildman–Crippen MR) is 51.9 cm³/mol. The van der Waals surface area contributed by atoms with Crippen LogP contribution in [0.2, 0.25) is 0 Å². The molecule has 0 saturated heterocycles. The number of carboxylic acid groups (broad SMARTS) is 1. The lowest BCUT2D eigenvalue weighted by Crippen LogP contribution is -2.09. The van der Waals surface area contributed by atoms with Gasteiger partial charge in [-0.15, -0.1) is 0 Å². The monoisotopic (exact) mass is 199 g/mol. The van der Waals surface area contributed by atoms with Crippen LogP contribution in [0, 0.1) is 0 Å². The first-order valence-electron chi connectivity index (χ1n) is 3.58. The normalized spacial score (nSPS) is 7.50. The van der Waals surface area contributed by atoms with Crippen molar-refractivity contribution in [2.75, 3.05) is 0 Å². The largest absolute Gasteiger partial charge is 0.481 e. The zero-order chi connectivity index (χ0) is 10.3. The fourth-order valence-electron chi connectivity index (χ4n) is 0.602. The van der Waals surface area contributed by atoms with Crippen LogP contribution in [0.25, 0.3) is 0 Å². The van der Waals surface area contributed by atoms with Crippen molar-refractivity contribution in [3.8, 4) is 0 Å². The van der Waals surface area contributed by atoms with E-state index >= 15 is 0 Å². The second kappa shape index (κ2) is 7.75. The van der Waals surface area contributed by atoms with Gasteiger partial charge < -0.3 is 16.3 Å². The first-order chi connectivity index (χ1) is 6.04. The van der Waals surface area contributed by atoms with Crippen LogP contribution in [0.15, 0.2) is 30.3 Å². The first-order valence-corrected chi connectivity index (χ1v) is 3.58. The highest BCUT2D eigenvalue weighted by molar-refractivity contribution is 5.92. The highest BCUT2D eigenvalue weighted by Crippen LogP contribution is 1.94. The highest BCUT2D eigenvalue weighted by atomic mass is 16.4. The second-order valence-electron chi connectivity index (χ2n) is 2.25. The fraction of sp³-hybridized carbons (Fsp3) is 0.111. The average Bonchev–Trinajstić information content (AvgIpc) is 2.05.